The first kappa shape index (κ1) is 14.3. The number of nitrogens with zero attached hydrogens (tertiary/aromatic N) is 2. The van der Waals surface area contributed by atoms with Crippen LogP contribution >= 0.6 is 0 Å². The Kier molecular flexibility index (Phi) is 3.81. The Balaban J connectivity index is 1.89. The number of benzene rings is 1. The van der Waals surface area contributed by atoms with Crippen molar-refractivity contribution in [1.29, 1.82) is 0 Å². The number of ketones is 1. The van der Waals surface area contributed by atoms with E-state index >= 15 is 0 Å². The van der Waals surface area contributed by atoms with Gasteiger partial charge in [-0.05, 0) is 25.8 Å². The van der Waals surface area contributed by atoms with E-state index in [1.807, 2.05) is 22.9 Å². The summed E-state index contributed by atoms with van der Waals surface area (Å²) >= 11 is 0. The number of carbonyl (C=O) groups is 1. The van der Waals surface area contributed by atoms with Gasteiger partial charge in [-0.1, -0.05) is 37.5 Å². The lowest BCUT2D eigenvalue weighted by atomic mass is 9.78. The molecule has 0 unspecified atom stereocenters. The smallest absolute Gasteiger partial charge is 0.158 e. The number of carbonyl (C=O) groups excluding carboxylic acids is 1. The molecule has 112 valence electrons. The molecule has 1 aliphatic carbocycles. The second kappa shape index (κ2) is 5.60. The molecule has 0 bridgehead atoms. The molecule has 4 nitrogen and oxygen atoms in total. The fraction of sp³-hybridized carbons (Fsp3) is 0.529. The van der Waals surface area contributed by atoms with E-state index in [1.54, 1.807) is 0 Å². The van der Waals surface area contributed by atoms with Gasteiger partial charge in [-0.3, -0.25) is 9.48 Å². The SMILES string of the molecule is CCn1nc(CC(=O)C2(N)CCCCC2)c2ccccc21. The molecule has 1 aromatic heterocycles. The van der Waals surface area contributed by atoms with Crippen LogP contribution in [-0.2, 0) is 17.8 Å². The van der Waals surface area contributed by atoms with E-state index in [2.05, 4.69) is 18.1 Å². The minimum absolute atomic E-state index is 0.147. The van der Waals surface area contributed by atoms with Crippen LogP contribution in [0.3, 0.4) is 0 Å². The highest BCUT2D eigenvalue weighted by Gasteiger charge is 2.35. The molecule has 1 aromatic carbocycles. The number of para-hydroxylation sites is 1. The van der Waals surface area contributed by atoms with Crippen LogP contribution in [0.5, 0.6) is 0 Å². The standard InChI is InChI=1S/C17H23N3O/c1-2-20-15-9-5-4-8-13(15)14(19-20)12-16(21)17(18)10-6-3-7-11-17/h4-5,8-9H,2-3,6-7,10-12,18H2,1H3. The average molecular weight is 285 g/mol. The molecule has 0 spiro atoms. The summed E-state index contributed by atoms with van der Waals surface area (Å²) in [6.07, 6.45) is 5.30. The van der Waals surface area contributed by atoms with Crippen molar-refractivity contribution in [2.75, 3.05) is 0 Å². The molecule has 1 saturated carbocycles. The maximum Gasteiger partial charge on any atom is 0.158 e. The van der Waals surface area contributed by atoms with E-state index in [9.17, 15) is 4.79 Å². The predicted octanol–water partition coefficient (Wildman–Crippen LogP) is 2.83. The van der Waals surface area contributed by atoms with Gasteiger partial charge < -0.3 is 5.73 Å². The maximum atomic E-state index is 12.7. The third-order valence-corrected chi connectivity index (χ3v) is 4.66. The number of hydrogen-bond acceptors (Lipinski definition) is 3. The minimum atomic E-state index is -0.630. The monoisotopic (exact) mass is 285 g/mol. The minimum Gasteiger partial charge on any atom is -0.319 e. The van der Waals surface area contributed by atoms with E-state index in [0.717, 1.165) is 48.8 Å². The molecule has 1 heterocycles. The number of rotatable bonds is 4. The summed E-state index contributed by atoms with van der Waals surface area (Å²) < 4.78 is 1.96. The van der Waals surface area contributed by atoms with Gasteiger partial charge in [-0.2, -0.15) is 5.10 Å². The molecule has 2 aromatic rings. The first-order chi connectivity index (χ1) is 10.1. The molecule has 21 heavy (non-hydrogen) atoms. The molecule has 0 aliphatic heterocycles. The molecule has 3 rings (SSSR count). The van der Waals surface area contributed by atoms with Gasteiger partial charge >= 0.3 is 0 Å². The van der Waals surface area contributed by atoms with Crippen LogP contribution in [0.15, 0.2) is 24.3 Å². The lowest BCUT2D eigenvalue weighted by molar-refractivity contribution is -0.124. The zero-order valence-electron chi connectivity index (χ0n) is 12.6. The van der Waals surface area contributed by atoms with Crippen LogP contribution in [-0.4, -0.2) is 21.1 Å². The van der Waals surface area contributed by atoms with Crippen molar-refractivity contribution in [2.45, 2.75) is 57.5 Å². The third-order valence-electron chi connectivity index (χ3n) is 4.66. The van der Waals surface area contributed by atoms with Gasteiger partial charge in [0.15, 0.2) is 5.78 Å². The number of aromatic nitrogens is 2. The summed E-state index contributed by atoms with van der Waals surface area (Å²) in [5.41, 5.74) is 7.68. The topological polar surface area (TPSA) is 60.9 Å². The predicted molar refractivity (Wildman–Crippen MR) is 84.1 cm³/mol. The average Bonchev–Trinajstić information content (AvgIpc) is 2.86. The van der Waals surface area contributed by atoms with Crippen molar-refractivity contribution in [1.82, 2.24) is 9.78 Å². The summed E-state index contributed by atoms with van der Waals surface area (Å²) in [4.78, 5) is 12.7. The lowest BCUT2D eigenvalue weighted by Gasteiger charge is -2.31. The molecule has 0 saturated heterocycles. The fourth-order valence-electron chi connectivity index (χ4n) is 3.36. The van der Waals surface area contributed by atoms with Gasteiger partial charge in [-0.25, -0.2) is 0 Å². The molecule has 0 radical (unpaired) electrons. The van der Waals surface area contributed by atoms with E-state index in [-0.39, 0.29) is 5.78 Å². The van der Waals surface area contributed by atoms with Gasteiger partial charge in [0.25, 0.3) is 0 Å². The molecule has 1 aliphatic rings. The van der Waals surface area contributed by atoms with E-state index in [1.165, 1.54) is 6.42 Å². The summed E-state index contributed by atoms with van der Waals surface area (Å²) in [6, 6.07) is 8.10. The summed E-state index contributed by atoms with van der Waals surface area (Å²) in [7, 11) is 0. The van der Waals surface area contributed by atoms with Crippen LogP contribution in [0.4, 0.5) is 0 Å². The Morgan fingerprint density at radius 3 is 2.71 bits per heavy atom. The number of hydrogen-bond donors (Lipinski definition) is 1. The van der Waals surface area contributed by atoms with Gasteiger partial charge in [0.1, 0.15) is 0 Å². The number of Topliss-reactive ketones (excluding diaryl/α,β-unsaturated/α-hetero) is 1. The summed E-state index contributed by atoms with van der Waals surface area (Å²) in [5, 5.41) is 5.69. The number of aryl methyl sites for hydroxylation is 1. The molecular weight excluding hydrogens is 262 g/mol. The Morgan fingerprint density at radius 1 is 1.29 bits per heavy atom. The van der Waals surface area contributed by atoms with Crippen LogP contribution in [0.1, 0.15) is 44.7 Å². The first-order valence-corrected chi connectivity index (χ1v) is 7.90. The molecule has 0 amide bonds. The highest BCUT2D eigenvalue weighted by atomic mass is 16.1. The Bertz CT molecular complexity index is 653. The molecule has 2 N–H and O–H groups in total. The van der Waals surface area contributed by atoms with Crippen LogP contribution in [0.25, 0.3) is 10.9 Å². The molecule has 0 atom stereocenters. The second-order valence-electron chi connectivity index (χ2n) is 6.10. The highest BCUT2D eigenvalue weighted by molar-refractivity contribution is 5.93. The summed E-state index contributed by atoms with van der Waals surface area (Å²) in [6.45, 7) is 2.87. The normalized spacial score (nSPS) is 18.0. The Morgan fingerprint density at radius 2 is 2.00 bits per heavy atom. The van der Waals surface area contributed by atoms with Gasteiger partial charge in [0.2, 0.25) is 0 Å². The molecular formula is C17H23N3O. The Hall–Kier alpha value is -1.68. The van der Waals surface area contributed by atoms with Gasteiger partial charge in [0.05, 0.1) is 23.2 Å². The van der Waals surface area contributed by atoms with Crippen molar-refractivity contribution < 1.29 is 4.79 Å². The van der Waals surface area contributed by atoms with E-state index in [0.29, 0.717) is 6.42 Å². The van der Waals surface area contributed by atoms with Crippen LogP contribution in [0, 0.1) is 0 Å². The van der Waals surface area contributed by atoms with Crippen molar-refractivity contribution in [2.24, 2.45) is 5.73 Å². The van der Waals surface area contributed by atoms with Crippen LogP contribution < -0.4 is 5.73 Å². The van der Waals surface area contributed by atoms with E-state index < -0.39 is 5.54 Å². The van der Waals surface area contributed by atoms with Crippen molar-refractivity contribution in [3.8, 4) is 0 Å². The van der Waals surface area contributed by atoms with Crippen molar-refractivity contribution >= 4 is 16.7 Å². The summed E-state index contributed by atoms with van der Waals surface area (Å²) in [5.74, 6) is 0.147. The zero-order valence-corrected chi connectivity index (χ0v) is 12.6. The van der Waals surface area contributed by atoms with Crippen molar-refractivity contribution in [3.05, 3.63) is 30.0 Å². The van der Waals surface area contributed by atoms with Gasteiger partial charge in [-0.15, -0.1) is 0 Å². The first-order valence-electron chi connectivity index (χ1n) is 7.90. The Labute approximate surface area is 125 Å². The van der Waals surface area contributed by atoms with Crippen LogP contribution in [0.2, 0.25) is 0 Å². The largest absolute Gasteiger partial charge is 0.319 e. The van der Waals surface area contributed by atoms with E-state index in [4.69, 9.17) is 5.73 Å². The highest BCUT2D eigenvalue weighted by Crippen LogP contribution is 2.28. The quantitative estimate of drug-likeness (QED) is 0.939. The molecule has 4 heteroatoms. The number of nitrogens with two attached hydrogens (primary N) is 1. The van der Waals surface area contributed by atoms with Gasteiger partial charge in [0, 0.05) is 11.9 Å². The molecule has 1 fully saturated rings. The lowest BCUT2D eigenvalue weighted by Crippen LogP contribution is -2.50. The second-order valence-corrected chi connectivity index (χ2v) is 6.10. The number of fused-ring (bicyclic) bond motifs is 1. The maximum absolute atomic E-state index is 12.7. The fourth-order valence-corrected chi connectivity index (χ4v) is 3.36. The van der Waals surface area contributed by atoms with Crippen molar-refractivity contribution in [3.63, 3.8) is 0 Å². The third kappa shape index (κ3) is 2.60. The zero-order chi connectivity index (χ0) is 14.9.